The lowest BCUT2D eigenvalue weighted by atomic mass is 10.00. The van der Waals surface area contributed by atoms with E-state index in [2.05, 4.69) is 59.4 Å². The number of hydrogen-bond donors (Lipinski definition) is 5. The summed E-state index contributed by atoms with van der Waals surface area (Å²) in [4.78, 5) is 33.5. The number of hydrogen-bond acceptors (Lipinski definition) is 13. The molecule has 4 aromatic carbocycles. The van der Waals surface area contributed by atoms with Crippen molar-refractivity contribution in [1.29, 1.82) is 0 Å². The number of carboxylic acid groups (broad SMARTS) is 1. The van der Waals surface area contributed by atoms with Crippen LogP contribution < -0.4 is 30.3 Å². The van der Waals surface area contributed by atoms with Gasteiger partial charge in [-0.15, -0.1) is 0 Å². The van der Waals surface area contributed by atoms with E-state index in [0.29, 0.717) is 52.8 Å². The summed E-state index contributed by atoms with van der Waals surface area (Å²) in [6, 6.07) is 22.7. The van der Waals surface area contributed by atoms with Gasteiger partial charge in [-0.2, -0.15) is 10.2 Å². The van der Waals surface area contributed by atoms with Crippen LogP contribution in [0.15, 0.2) is 85.2 Å². The highest BCUT2D eigenvalue weighted by atomic mass is 35.5. The Morgan fingerprint density at radius 3 is 1.56 bits per heavy atom. The molecule has 17 nitrogen and oxygen atoms in total. The highest BCUT2D eigenvalue weighted by Crippen LogP contribution is 2.37. The second-order valence-electron chi connectivity index (χ2n) is 21.9. The van der Waals surface area contributed by atoms with Gasteiger partial charge in [-0.3, -0.25) is 19.0 Å². The molecule has 6 heterocycles. The van der Waals surface area contributed by atoms with Crippen LogP contribution >= 0.6 is 23.2 Å². The first-order chi connectivity index (χ1) is 37.2. The van der Waals surface area contributed by atoms with Gasteiger partial charge in [0, 0.05) is 81.6 Å². The van der Waals surface area contributed by atoms with Crippen molar-refractivity contribution in [1.82, 2.24) is 34.7 Å². The second-order valence-corrected chi connectivity index (χ2v) is 22.7. The molecule has 2 aromatic heterocycles. The summed E-state index contributed by atoms with van der Waals surface area (Å²) in [5.41, 5.74) is 12.0. The standard InChI is InChI=1S/C29H36ClN5O3.C16H23ClN2O2.C13H15N3O2.CH4/c1-33-26-8-5-22(14-21(26)16-31-33)35-13-10-20(17-35)29(37)32-25(18-34-11-2-3-12-34)28(36)19-4-9-27(24(30)15-19)38-23-6-7-23;17-13-9-11(3-6-15(13)21-12-4-5-12)16(20)14(18)10-19-7-1-2-8-19;1-15-12-3-2-11(6-10(12)7-14-15)16-5-4-9(8-16)13(17)18;/h4-5,8-9,14-16,20,23,25,28,36H,2-3,6-7,10-13,17-18H2,1H3,(H,32,37);3,6,9,12,14,16,20H,1-2,4-5,7-8,10,18H2;2-3,6-7,9H,4-5,8H2,1H3,(H,17,18);1H4/t20-,25-,28-;14-,16-;9-;/m111./s1. The van der Waals surface area contributed by atoms with Crippen molar-refractivity contribution in [2.75, 3.05) is 75.2 Å². The van der Waals surface area contributed by atoms with Crippen LogP contribution in [0, 0.1) is 11.8 Å². The molecule has 0 bridgehead atoms. The summed E-state index contributed by atoms with van der Waals surface area (Å²) >= 11 is 12.7. The molecule has 0 spiro atoms. The molecule has 1 amide bonds. The molecule has 0 radical (unpaired) electrons. The molecule has 4 saturated heterocycles. The van der Waals surface area contributed by atoms with E-state index < -0.39 is 24.2 Å². The van der Waals surface area contributed by atoms with Gasteiger partial charge in [0.1, 0.15) is 17.6 Å². The maximum atomic E-state index is 13.5. The van der Waals surface area contributed by atoms with Gasteiger partial charge in [-0.05, 0) is 162 Å². The number of carboxylic acids is 1. The number of fused-ring (bicyclic) bond motifs is 2. The fraction of sp³-hybridized carbons (Fsp3) is 0.525. The van der Waals surface area contributed by atoms with Crippen molar-refractivity contribution in [3.8, 4) is 11.5 Å². The first kappa shape index (κ1) is 57.0. The molecular weight excluding hydrogens is 1030 g/mol. The van der Waals surface area contributed by atoms with E-state index in [0.717, 1.165) is 136 Å². The molecule has 2 aliphatic carbocycles. The monoisotopic (exact) mass is 1110 g/mol. The van der Waals surface area contributed by atoms with Crippen LogP contribution in [0.2, 0.25) is 10.0 Å². The summed E-state index contributed by atoms with van der Waals surface area (Å²) in [6.45, 7) is 8.35. The van der Waals surface area contributed by atoms with Crippen LogP contribution in [-0.2, 0) is 23.7 Å². The lowest BCUT2D eigenvalue weighted by molar-refractivity contribution is -0.141. The number of aliphatic hydroxyl groups excluding tert-OH is 2. The highest BCUT2D eigenvalue weighted by molar-refractivity contribution is 6.32. The molecule has 6 fully saturated rings. The average molecular weight is 1110 g/mol. The number of aromatic nitrogens is 4. The normalized spacial score (nSPS) is 21.1. The molecule has 2 saturated carbocycles. The van der Waals surface area contributed by atoms with Crippen LogP contribution in [0.3, 0.4) is 0 Å². The number of anilines is 2. The summed E-state index contributed by atoms with van der Waals surface area (Å²) < 4.78 is 15.3. The van der Waals surface area contributed by atoms with Crippen molar-refractivity contribution in [2.24, 2.45) is 31.7 Å². The number of aliphatic carboxylic acids is 1. The molecule has 420 valence electrons. The Morgan fingerprint density at radius 2 is 1.10 bits per heavy atom. The van der Waals surface area contributed by atoms with Gasteiger partial charge in [-0.1, -0.05) is 42.8 Å². The number of halogens is 2. The van der Waals surface area contributed by atoms with E-state index in [-0.39, 0.29) is 37.3 Å². The Morgan fingerprint density at radius 1 is 0.641 bits per heavy atom. The summed E-state index contributed by atoms with van der Waals surface area (Å²) in [5, 5.41) is 45.8. The van der Waals surface area contributed by atoms with Crippen molar-refractivity contribution >= 4 is 68.3 Å². The van der Waals surface area contributed by atoms with E-state index in [1.807, 2.05) is 72.3 Å². The number of carbonyl (C=O) groups excluding carboxylic acids is 1. The number of rotatable bonds is 17. The molecule has 78 heavy (non-hydrogen) atoms. The molecule has 0 unspecified atom stereocenters. The number of ether oxygens (including phenoxy) is 2. The van der Waals surface area contributed by atoms with Gasteiger partial charge in [0.05, 0.1) is 69.7 Å². The third-order valence-electron chi connectivity index (χ3n) is 16.0. The van der Waals surface area contributed by atoms with Crippen LogP contribution in [0.4, 0.5) is 11.4 Å². The topological polar surface area (TPSA) is 200 Å². The third-order valence-corrected chi connectivity index (χ3v) is 16.5. The predicted octanol–water partition coefficient (Wildman–Crippen LogP) is 8.37. The van der Waals surface area contributed by atoms with Crippen molar-refractivity contribution < 1.29 is 34.4 Å². The second kappa shape index (κ2) is 25.6. The minimum atomic E-state index is -0.863. The predicted molar refractivity (Wildman–Crippen MR) is 308 cm³/mol. The van der Waals surface area contributed by atoms with Gasteiger partial charge >= 0.3 is 5.97 Å². The van der Waals surface area contributed by atoms with Gasteiger partial charge in [0.25, 0.3) is 0 Å². The number of nitrogens with two attached hydrogens (primary N) is 1. The fourth-order valence-electron chi connectivity index (χ4n) is 11.0. The molecule has 6 aromatic rings. The summed E-state index contributed by atoms with van der Waals surface area (Å²) in [7, 11) is 3.85. The zero-order valence-electron chi connectivity index (χ0n) is 44.2. The smallest absolute Gasteiger partial charge is 0.308 e. The summed E-state index contributed by atoms with van der Waals surface area (Å²) in [5.74, 6) is 0.280. The van der Waals surface area contributed by atoms with E-state index in [4.69, 9.17) is 43.5 Å². The maximum absolute atomic E-state index is 13.5. The molecule has 4 aliphatic heterocycles. The minimum Gasteiger partial charge on any atom is -0.489 e. The number of amides is 1. The Kier molecular flexibility index (Phi) is 18.7. The molecule has 12 rings (SSSR count). The number of carbonyl (C=O) groups is 2. The molecular formula is C59H78Cl2N10O7. The molecule has 19 heteroatoms. The Hall–Kier alpha value is -5.66. The third kappa shape index (κ3) is 14.2. The zero-order valence-corrected chi connectivity index (χ0v) is 45.7. The van der Waals surface area contributed by atoms with Gasteiger partial charge in [-0.25, -0.2) is 0 Å². The Balaban J connectivity index is 0.000000156. The quantitative estimate of drug-likeness (QED) is 0.0584. The van der Waals surface area contributed by atoms with Gasteiger partial charge in [0.15, 0.2) is 0 Å². The number of nitrogens with one attached hydrogen (secondary N) is 1. The fourth-order valence-corrected chi connectivity index (χ4v) is 11.5. The SMILES string of the molecule is C.Cn1ncc2cc(N3CC[C@@H](C(=O)N[C@H](CN4CCCC4)[C@H](O)c4ccc(OC5CC5)c(Cl)c4)C3)ccc21.Cn1ncc2cc(N3CC[C@@H](C(=O)O)C3)ccc21.N[C@H](CN1CCCC1)[C@H](O)c1ccc(OC2CC2)c(Cl)c1. The van der Waals surface area contributed by atoms with Crippen molar-refractivity contribution in [3.05, 3.63) is 106 Å². The van der Waals surface area contributed by atoms with E-state index in [9.17, 15) is 19.8 Å². The van der Waals surface area contributed by atoms with Crippen molar-refractivity contribution in [3.63, 3.8) is 0 Å². The zero-order chi connectivity index (χ0) is 53.7. The maximum Gasteiger partial charge on any atom is 0.308 e. The largest absolute Gasteiger partial charge is 0.489 e. The number of benzene rings is 4. The Labute approximate surface area is 468 Å². The van der Waals surface area contributed by atoms with Crippen LogP contribution in [0.5, 0.6) is 11.5 Å². The van der Waals surface area contributed by atoms with E-state index in [1.165, 1.54) is 12.8 Å². The van der Waals surface area contributed by atoms with Gasteiger partial charge in [0.2, 0.25) is 5.91 Å². The number of nitrogens with zero attached hydrogens (tertiary/aromatic N) is 8. The lowest BCUT2D eigenvalue weighted by Crippen LogP contribution is -2.48. The van der Waals surface area contributed by atoms with Crippen LogP contribution in [0.25, 0.3) is 21.8 Å². The van der Waals surface area contributed by atoms with Gasteiger partial charge < -0.3 is 55.4 Å². The minimum absolute atomic E-state index is 0. The number of aryl methyl sites for hydroxylation is 2. The lowest BCUT2D eigenvalue weighted by Gasteiger charge is -2.30. The first-order valence-electron chi connectivity index (χ1n) is 27.6. The van der Waals surface area contributed by atoms with Crippen molar-refractivity contribution in [2.45, 2.75) is 108 Å². The van der Waals surface area contributed by atoms with Crippen LogP contribution in [0.1, 0.15) is 95.0 Å². The average Bonchev–Trinajstić information content (AvgIpc) is 3.91. The Bertz CT molecular complexity index is 2990. The van der Waals surface area contributed by atoms with E-state index in [1.54, 1.807) is 12.1 Å². The molecule has 6 atom stereocenters. The molecule has 6 aliphatic rings. The first-order valence-corrected chi connectivity index (χ1v) is 28.3. The summed E-state index contributed by atoms with van der Waals surface area (Å²) in [6.07, 6.45) is 13.3. The molecule has 6 N–H and O–H groups in total. The number of likely N-dealkylation sites (tertiary alicyclic amines) is 2. The highest BCUT2D eigenvalue weighted by Gasteiger charge is 2.34. The van der Waals surface area contributed by atoms with Crippen LogP contribution in [-0.4, -0.2) is 146 Å². The van der Waals surface area contributed by atoms with E-state index >= 15 is 0 Å². The number of aliphatic hydroxyl groups is 2.